The largest absolute Gasteiger partial charge is 0.468 e. The highest BCUT2D eigenvalue weighted by atomic mass is 16.7. The summed E-state index contributed by atoms with van der Waals surface area (Å²) in [5.41, 5.74) is 10.8. The first-order valence-corrected chi connectivity index (χ1v) is 14.4. The lowest BCUT2D eigenvalue weighted by molar-refractivity contribution is -0.297. The molecule has 2 saturated heterocycles. The highest BCUT2D eigenvalue weighted by Crippen LogP contribution is 2.31. The number of nitrogens with one attached hydrogen (secondary N) is 4. The Kier molecular flexibility index (Phi) is 11.5. The number of ether oxygens (including phenoxy) is 4. The molecule has 9 atom stereocenters. The maximum atomic E-state index is 12.4. The first kappa shape index (κ1) is 31.5. The molecule has 4 aliphatic rings. The average molecular weight is 573 g/mol. The van der Waals surface area contributed by atoms with Gasteiger partial charge in [-0.15, -0.1) is 0 Å². The van der Waals surface area contributed by atoms with Gasteiger partial charge in [0.1, 0.15) is 30.2 Å². The van der Waals surface area contributed by atoms with Crippen molar-refractivity contribution in [1.82, 2.24) is 21.3 Å². The molecule has 0 bridgehead atoms. The summed E-state index contributed by atoms with van der Waals surface area (Å²) in [5.74, 6) is 0.469. The van der Waals surface area contributed by atoms with E-state index in [2.05, 4.69) is 21.3 Å². The van der Waals surface area contributed by atoms with Gasteiger partial charge in [-0.1, -0.05) is 0 Å². The lowest BCUT2D eigenvalue weighted by Gasteiger charge is -2.47. The van der Waals surface area contributed by atoms with Crippen LogP contribution >= 0.6 is 0 Å². The van der Waals surface area contributed by atoms with Crippen molar-refractivity contribution in [3.63, 3.8) is 0 Å². The molecule has 3 aliphatic heterocycles. The molecule has 14 nitrogen and oxygen atoms in total. The van der Waals surface area contributed by atoms with Crippen LogP contribution in [0.5, 0.6) is 0 Å². The summed E-state index contributed by atoms with van der Waals surface area (Å²) < 4.78 is 23.9. The highest BCUT2D eigenvalue weighted by molar-refractivity contribution is 5.76. The third kappa shape index (κ3) is 8.79. The Morgan fingerprint density at radius 1 is 1.25 bits per heavy atom. The second kappa shape index (κ2) is 14.6. The molecule has 11 N–H and O–H groups in total. The predicted molar refractivity (Wildman–Crippen MR) is 145 cm³/mol. The van der Waals surface area contributed by atoms with Gasteiger partial charge in [0.05, 0.1) is 24.8 Å². The van der Waals surface area contributed by atoms with E-state index in [-0.39, 0.29) is 38.3 Å². The van der Waals surface area contributed by atoms with E-state index in [0.29, 0.717) is 19.0 Å². The monoisotopic (exact) mass is 572 g/mol. The molecular weight excluding hydrogens is 524 g/mol. The van der Waals surface area contributed by atoms with E-state index >= 15 is 0 Å². The van der Waals surface area contributed by atoms with E-state index < -0.39 is 54.7 Å². The normalized spacial score (nSPS) is 38.7. The summed E-state index contributed by atoms with van der Waals surface area (Å²) in [6, 6.07) is -0.752. The molecule has 40 heavy (non-hydrogen) atoms. The average Bonchev–Trinajstić information content (AvgIpc) is 2.86. The number of hydrogen-bond donors (Lipinski definition) is 9. The van der Waals surface area contributed by atoms with Gasteiger partial charge in [0.15, 0.2) is 12.6 Å². The van der Waals surface area contributed by atoms with Crippen molar-refractivity contribution in [3.8, 4) is 0 Å². The van der Waals surface area contributed by atoms with Crippen molar-refractivity contribution in [2.45, 2.75) is 99.8 Å². The van der Waals surface area contributed by atoms with Crippen molar-refractivity contribution in [2.24, 2.45) is 11.5 Å². The third-order valence-corrected chi connectivity index (χ3v) is 7.73. The minimum absolute atomic E-state index is 0.0387. The van der Waals surface area contributed by atoms with Crippen molar-refractivity contribution in [1.29, 1.82) is 0 Å². The molecule has 0 spiro atoms. The molecule has 230 valence electrons. The van der Waals surface area contributed by atoms with Crippen LogP contribution in [0.15, 0.2) is 11.8 Å². The fourth-order valence-corrected chi connectivity index (χ4v) is 5.46. The molecule has 3 fully saturated rings. The van der Waals surface area contributed by atoms with E-state index in [1.807, 2.05) is 6.08 Å². The van der Waals surface area contributed by atoms with Crippen molar-refractivity contribution in [3.05, 3.63) is 11.8 Å². The molecule has 3 heterocycles. The molecule has 1 aliphatic carbocycles. The van der Waals surface area contributed by atoms with Crippen LogP contribution in [0.25, 0.3) is 0 Å². The fourth-order valence-electron chi connectivity index (χ4n) is 5.46. The molecule has 0 radical (unpaired) electrons. The summed E-state index contributed by atoms with van der Waals surface area (Å²) in [6.07, 6.45) is -2.17. The number of hydrogen-bond acceptors (Lipinski definition) is 13. The SMILES string of the molecule is C[C@]1(O)CO[C@H](O[C@@H]2[C@@H](O)[C@H](O[C@@H]3CCC=C(CNCCNC4CNC4)O3)[C@@H](N)C[C@H]2NC(=O)CCN)[C@H](O)C1. The zero-order valence-corrected chi connectivity index (χ0v) is 23.3. The first-order chi connectivity index (χ1) is 19.1. The molecule has 4 rings (SSSR count). The lowest BCUT2D eigenvalue weighted by Crippen LogP contribution is -2.66. The van der Waals surface area contributed by atoms with Gasteiger partial charge in [-0.05, 0) is 25.8 Å². The van der Waals surface area contributed by atoms with Crippen LogP contribution in [0.4, 0.5) is 0 Å². The number of nitrogens with two attached hydrogens (primary N) is 2. The summed E-state index contributed by atoms with van der Waals surface area (Å²) in [7, 11) is 0. The lowest BCUT2D eigenvalue weighted by atomic mass is 9.83. The Morgan fingerprint density at radius 2 is 2.05 bits per heavy atom. The second-order valence-electron chi connectivity index (χ2n) is 11.5. The van der Waals surface area contributed by atoms with Crippen LogP contribution in [-0.4, -0.2) is 128 Å². The van der Waals surface area contributed by atoms with Gasteiger partial charge in [0.25, 0.3) is 0 Å². The molecular formula is C26H48N6O8. The summed E-state index contributed by atoms with van der Waals surface area (Å²) in [4.78, 5) is 12.4. The van der Waals surface area contributed by atoms with E-state index in [0.717, 1.165) is 38.4 Å². The fraction of sp³-hybridized carbons (Fsp3) is 0.885. The van der Waals surface area contributed by atoms with Gasteiger partial charge in [0.2, 0.25) is 5.91 Å². The molecule has 0 aromatic rings. The Bertz CT molecular complexity index is 846. The van der Waals surface area contributed by atoms with E-state index in [1.165, 1.54) is 0 Å². The highest BCUT2D eigenvalue weighted by Gasteiger charge is 2.49. The maximum absolute atomic E-state index is 12.4. The molecule has 1 saturated carbocycles. The molecule has 0 aromatic carbocycles. The van der Waals surface area contributed by atoms with Crippen LogP contribution in [0.1, 0.15) is 39.0 Å². The van der Waals surface area contributed by atoms with Crippen LogP contribution in [0.2, 0.25) is 0 Å². The minimum atomic E-state index is -1.26. The standard InChI is InChI=1S/C26H48N6O8/c1-26(36)10-19(33)25(37-14-26)40-24-18(32-20(34)5-6-27)9-17(28)23(22(24)35)39-21-4-2-3-16(38-21)13-29-7-8-31-15-11-30-12-15/h3,15,17-19,21-25,29-31,33,35-36H,2,4-14,27-28H2,1H3,(H,32,34)/t17-,18+,19+,21+,22-,23+,24-,25+,26+/m0/s1. The second-order valence-corrected chi connectivity index (χ2v) is 11.5. The number of amides is 1. The van der Waals surface area contributed by atoms with Crippen molar-refractivity contribution in [2.75, 3.05) is 45.9 Å². The molecule has 1 amide bonds. The zero-order chi connectivity index (χ0) is 28.7. The quantitative estimate of drug-likeness (QED) is 0.0991. The van der Waals surface area contributed by atoms with Crippen LogP contribution in [0.3, 0.4) is 0 Å². The van der Waals surface area contributed by atoms with Gasteiger partial charge < -0.3 is 67.0 Å². The number of carbonyl (C=O) groups excluding carboxylic acids is 1. The van der Waals surface area contributed by atoms with Crippen LogP contribution in [-0.2, 0) is 23.7 Å². The first-order valence-electron chi connectivity index (χ1n) is 14.4. The number of aliphatic hydroxyl groups is 3. The van der Waals surface area contributed by atoms with Crippen LogP contribution < -0.4 is 32.7 Å². The van der Waals surface area contributed by atoms with Gasteiger partial charge in [-0.3, -0.25) is 4.79 Å². The zero-order valence-electron chi connectivity index (χ0n) is 23.3. The smallest absolute Gasteiger partial charge is 0.221 e. The number of allylic oxidation sites excluding steroid dienone is 1. The van der Waals surface area contributed by atoms with Gasteiger partial charge in [0, 0.05) is 64.1 Å². The maximum Gasteiger partial charge on any atom is 0.221 e. The van der Waals surface area contributed by atoms with Crippen LogP contribution in [0, 0.1) is 0 Å². The van der Waals surface area contributed by atoms with E-state index in [4.69, 9.17) is 30.4 Å². The summed E-state index contributed by atoms with van der Waals surface area (Å²) in [5, 5.41) is 45.1. The van der Waals surface area contributed by atoms with Gasteiger partial charge >= 0.3 is 0 Å². The molecule has 14 heteroatoms. The van der Waals surface area contributed by atoms with Gasteiger partial charge in [-0.2, -0.15) is 0 Å². The Labute approximate surface area is 235 Å². The van der Waals surface area contributed by atoms with E-state index in [1.54, 1.807) is 6.92 Å². The predicted octanol–water partition coefficient (Wildman–Crippen LogP) is -3.29. The topological polar surface area (TPSA) is 215 Å². The number of rotatable bonds is 13. The van der Waals surface area contributed by atoms with Crippen molar-refractivity contribution >= 4 is 5.91 Å². The Hall–Kier alpha value is -1.43. The number of carbonyl (C=O) groups is 1. The Morgan fingerprint density at radius 3 is 2.75 bits per heavy atom. The molecule has 0 aromatic heterocycles. The Balaban J connectivity index is 1.33. The number of aliphatic hydroxyl groups excluding tert-OH is 2. The van der Waals surface area contributed by atoms with Crippen molar-refractivity contribution < 1.29 is 39.1 Å². The minimum Gasteiger partial charge on any atom is -0.468 e. The van der Waals surface area contributed by atoms with E-state index in [9.17, 15) is 20.1 Å². The summed E-state index contributed by atoms with van der Waals surface area (Å²) >= 11 is 0. The third-order valence-electron chi connectivity index (χ3n) is 7.73. The molecule has 0 unspecified atom stereocenters. The van der Waals surface area contributed by atoms with Gasteiger partial charge in [-0.25, -0.2) is 0 Å². The summed E-state index contributed by atoms with van der Waals surface area (Å²) in [6.45, 7) is 5.92.